The minimum absolute atomic E-state index is 0.145. The van der Waals surface area contributed by atoms with Gasteiger partial charge < -0.3 is 19.7 Å². The number of benzene rings is 2. The van der Waals surface area contributed by atoms with E-state index >= 15 is 0 Å². The Balaban J connectivity index is 1.31. The molecule has 0 bridgehead atoms. The summed E-state index contributed by atoms with van der Waals surface area (Å²) in [5, 5.41) is 3.01. The predicted octanol–water partition coefficient (Wildman–Crippen LogP) is 3.74. The Bertz CT molecular complexity index is 1080. The maximum Gasteiger partial charge on any atom is 0.251 e. The molecule has 184 valence electrons. The van der Waals surface area contributed by atoms with E-state index in [1.165, 1.54) is 5.56 Å². The molecule has 7 heteroatoms. The van der Waals surface area contributed by atoms with Gasteiger partial charge in [0.05, 0.1) is 6.61 Å². The average Bonchev–Trinajstić information content (AvgIpc) is 2.89. The zero-order valence-electron chi connectivity index (χ0n) is 20.6. The van der Waals surface area contributed by atoms with Crippen LogP contribution in [0.25, 0.3) is 0 Å². The lowest BCUT2D eigenvalue weighted by atomic mass is 10.1. The lowest BCUT2D eigenvalue weighted by Gasteiger charge is -2.32. The molecule has 1 saturated heterocycles. The summed E-state index contributed by atoms with van der Waals surface area (Å²) >= 11 is 0. The van der Waals surface area contributed by atoms with Crippen LogP contribution >= 0.6 is 0 Å². The van der Waals surface area contributed by atoms with Gasteiger partial charge in [-0.3, -0.25) is 14.7 Å². The molecular weight excluding hydrogens is 440 g/mol. The second-order valence-corrected chi connectivity index (χ2v) is 8.82. The minimum Gasteiger partial charge on any atom is -0.490 e. The lowest BCUT2D eigenvalue weighted by Crippen LogP contribution is -2.43. The van der Waals surface area contributed by atoms with Crippen LogP contribution in [0, 0.1) is 0 Å². The van der Waals surface area contributed by atoms with Crippen LogP contribution in [-0.2, 0) is 19.7 Å². The second kappa shape index (κ2) is 12.3. The third-order valence-electron chi connectivity index (χ3n) is 6.13. The number of hydrogen-bond acceptors (Lipinski definition) is 6. The summed E-state index contributed by atoms with van der Waals surface area (Å²) in [6, 6.07) is 17.6. The van der Waals surface area contributed by atoms with Crippen molar-refractivity contribution in [2.75, 3.05) is 39.8 Å². The van der Waals surface area contributed by atoms with Crippen molar-refractivity contribution in [2.24, 2.45) is 0 Å². The monoisotopic (exact) mass is 474 g/mol. The molecule has 2 heterocycles. The van der Waals surface area contributed by atoms with E-state index < -0.39 is 0 Å². The summed E-state index contributed by atoms with van der Waals surface area (Å²) < 4.78 is 11.7. The van der Waals surface area contributed by atoms with Gasteiger partial charge in [-0.2, -0.15) is 0 Å². The first-order chi connectivity index (χ1) is 17.1. The van der Waals surface area contributed by atoms with Crippen LogP contribution in [0.15, 0.2) is 67.0 Å². The maximum absolute atomic E-state index is 12.8. The number of rotatable bonds is 10. The van der Waals surface area contributed by atoms with Crippen molar-refractivity contribution in [3.8, 4) is 11.5 Å². The van der Waals surface area contributed by atoms with Crippen LogP contribution in [0.5, 0.6) is 11.5 Å². The van der Waals surface area contributed by atoms with Crippen LogP contribution in [0.1, 0.15) is 34.0 Å². The molecule has 35 heavy (non-hydrogen) atoms. The molecule has 1 N–H and O–H groups in total. The first-order valence-electron chi connectivity index (χ1n) is 12.2. The molecule has 0 radical (unpaired) electrons. The molecule has 7 nitrogen and oxygen atoms in total. The SMILES string of the molecule is CCOc1cc(C(=O)NCc2ccc(CN3CCN(C)CC3)cc2)ccc1OCc1ccncc1. The van der Waals surface area contributed by atoms with Gasteiger partial charge in [0, 0.05) is 57.2 Å². The third kappa shape index (κ3) is 7.28. The van der Waals surface area contributed by atoms with Crippen LogP contribution in [0.2, 0.25) is 0 Å². The number of carbonyl (C=O) groups excluding carboxylic acids is 1. The third-order valence-corrected chi connectivity index (χ3v) is 6.13. The Hall–Kier alpha value is -3.42. The molecule has 0 unspecified atom stereocenters. The van der Waals surface area contributed by atoms with Crippen molar-refractivity contribution in [1.29, 1.82) is 0 Å². The molecule has 2 aromatic carbocycles. The Morgan fingerprint density at radius 2 is 1.60 bits per heavy atom. The highest BCUT2D eigenvalue weighted by molar-refractivity contribution is 5.94. The van der Waals surface area contributed by atoms with E-state index in [4.69, 9.17) is 9.47 Å². The molecule has 1 fully saturated rings. The zero-order chi connectivity index (χ0) is 24.5. The Morgan fingerprint density at radius 3 is 2.31 bits per heavy atom. The average molecular weight is 475 g/mol. The van der Waals surface area contributed by atoms with Crippen LogP contribution in [0.3, 0.4) is 0 Å². The van der Waals surface area contributed by atoms with Gasteiger partial charge in [-0.25, -0.2) is 0 Å². The number of aromatic nitrogens is 1. The first kappa shape index (κ1) is 24.7. The first-order valence-corrected chi connectivity index (χ1v) is 12.2. The van der Waals surface area contributed by atoms with Gasteiger partial charge in [-0.15, -0.1) is 0 Å². The Kier molecular flexibility index (Phi) is 8.70. The van der Waals surface area contributed by atoms with E-state index in [1.807, 2.05) is 19.1 Å². The van der Waals surface area contributed by atoms with Gasteiger partial charge in [0.15, 0.2) is 11.5 Å². The number of likely N-dealkylation sites (N-methyl/N-ethyl adjacent to an activating group) is 1. The fraction of sp³-hybridized carbons (Fsp3) is 0.357. The summed E-state index contributed by atoms with van der Waals surface area (Å²) in [5.74, 6) is 1.02. The van der Waals surface area contributed by atoms with E-state index in [0.29, 0.717) is 36.8 Å². The van der Waals surface area contributed by atoms with E-state index in [2.05, 4.69) is 51.4 Å². The molecule has 1 aliphatic heterocycles. The lowest BCUT2D eigenvalue weighted by molar-refractivity contribution is 0.0950. The summed E-state index contributed by atoms with van der Waals surface area (Å²) in [5.41, 5.74) is 3.92. The highest BCUT2D eigenvalue weighted by atomic mass is 16.5. The highest BCUT2D eigenvalue weighted by Gasteiger charge is 2.14. The molecule has 1 amide bonds. The number of nitrogens with zero attached hydrogens (tertiary/aromatic N) is 3. The number of pyridine rings is 1. The van der Waals surface area contributed by atoms with E-state index in [9.17, 15) is 4.79 Å². The van der Waals surface area contributed by atoms with Gasteiger partial charge in [0.25, 0.3) is 5.91 Å². The van der Waals surface area contributed by atoms with E-state index in [1.54, 1.807) is 30.6 Å². The van der Waals surface area contributed by atoms with Crippen molar-refractivity contribution >= 4 is 5.91 Å². The number of amides is 1. The van der Waals surface area contributed by atoms with Crippen molar-refractivity contribution in [3.05, 3.63) is 89.2 Å². The van der Waals surface area contributed by atoms with Crippen molar-refractivity contribution in [3.63, 3.8) is 0 Å². The number of carbonyl (C=O) groups is 1. The summed E-state index contributed by atoms with van der Waals surface area (Å²) in [6.45, 7) is 8.67. The molecule has 1 aliphatic rings. The van der Waals surface area contributed by atoms with Crippen molar-refractivity contribution in [2.45, 2.75) is 26.6 Å². The molecule has 4 rings (SSSR count). The number of ether oxygens (including phenoxy) is 2. The van der Waals surface area contributed by atoms with Gasteiger partial charge in [-0.1, -0.05) is 24.3 Å². The van der Waals surface area contributed by atoms with Gasteiger partial charge in [0.1, 0.15) is 6.61 Å². The number of nitrogens with one attached hydrogen (secondary N) is 1. The minimum atomic E-state index is -0.145. The van der Waals surface area contributed by atoms with Crippen molar-refractivity contribution < 1.29 is 14.3 Å². The fourth-order valence-corrected chi connectivity index (χ4v) is 3.99. The zero-order valence-corrected chi connectivity index (χ0v) is 20.6. The number of hydrogen-bond donors (Lipinski definition) is 1. The molecule has 0 atom stereocenters. The van der Waals surface area contributed by atoms with Crippen molar-refractivity contribution in [1.82, 2.24) is 20.1 Å². The standard InChI is InChI=1S/C28H34N4O3/c1-3-34-27-18-25(8-9-26(27)35-21-24-10-12-29-13-11-24)28(33)30-19-22-4-6-23(7-5-22)20-32-16-14-31(2)15-17-32/h4-13,18H,3,14-17,19-21H2,1-2H3,(H,30,33). The largest absolute Gasteiger partial charge is 0.490 e. The maximum atomic E-state index is 12.8. The van der Waals surface area contributed by atoms with Crippen LogP contribution in [-0.4, -0.2) is 60.5 Å². The molecular formula is C28H34N4O3. The second-order valence-electron chi connectivity index (χ2n) is 8.82. The predicted molar refractivity (Wildman–Crippen MR) is 137 cm³/mol. The number of piperazine rings is 1. The smallest absolute Gasteiger partial charge is 0.251 e. The van der Waals surface area contributed by atoms with Crippen LogP contribution < -0.4 is 14.8 Å². The summed E-state index contributed by atoms with van der Waals surface area (Å²) in [6.07, 6.45) is 3.47. The van der Waals surface area contributed by atoms with Gasteiger partial charge in [0.2, 0.25) is 0 Å². The molecule has 1 aromatic heterocycles. The van der Waals surface area contributed by atoms with Gasteiger partial charge >= 0.3 is 0 Å². The van der Waals surface area contributed by atoms with E-state index in [-0.39, 0.29) is 5.91 Å². The van der Waals surface area contributed by atoms with Gasteiger partial charge in [-0.05, 0) is 61.0 Å². The molecule has 0 spiro atoms. The fourth-order valence-electron chi connectivity index (χ4n) is 3.99. The van der Waals surface area contributed by atoms with E-state index in [0.717, 1.165) is 43.9 Å². The Labute approximate surface area is 207 Å². The normalized spacial score (nSPS) is 14.5. The molecule has 3 aromatic rings. The Morgan fingerprint density at radius 1 is 0.886 bits per heavy atom. The molecule has 0 saturated carbocycles. The topological polar surface area (TPSA) is 66.9 Å². The molecule has 0 aliphatic carbocycles. The highest BCUT2D eigenvalue weighted by Crippen LogP contribution is 2.29. The summed E-state index contributed by atoms with van der Waals surface area (Å²) in [7, 11) is 2.17. The quantitative estimate of drug-likeness (QED) is 0.483. The summed E-state index contributed by atoms with van der Waals surface area (Å²) in [4.78, 5) is 21.7. The van der Waals surface area contributed by atoms with Crippen LogP contribution in [0.4, 0.5) is 0 Å².